The number of aromatic nitrogens is 1. The Kier molecular flexibility index (Phi) is 8.06. The summed E-state index contributed by atoms with van der Waals surface area (Å²) in [5.74, 6) is 0. The van der Waals surface area contributed by atoms with Crippen LogP contribution in [0.3, 0.4) is 0 Å². The first-order valence-corrected chi connectivity index (χ1v) is 21.8. The number of para-hydroxylation sites is 4. The lowest BCUT2D eigenvalue weighted by molar-refractivity contribution is 0.660. The predicted molar refractivity (Wildman–Crippen MR) is 261 cm³/mol. The minimum atomic E-state index is -0.149. The highest BCUT2D eigenvalue weighted by molar-refractivity contribution is 7.26. The van der Waals surface area contributed by atoms with Crippen molar-refractivity contribution < 1.29 is 0 Å². The van der Waals surface area contributed by atoms with Gasteiger partial charge < -0.3 is 14.4 Å². The van der Waals surface area contributed by atoms with Crippen molar-refractivity contribution in [2.75, 3.05) is 9.80 Å². The van der Waals surface area contributed by atoms with Gasteiger partial charge in [0, 0.05) is 76.2 Å². The van der Waals surface area contributed by atoms with Crippen LogP contribution in [0, 0.1) is 0 Å². The molecule has 12 rings (SSSR count). The Morgan fingerprint density at radius 3 is 1.49 bits per heavy atom. The second kappa shape index (κ2) is 13.8. The van der Waals surface area contributed by atoms with Crippen LogP contribution in [0.4, 0.5) is 34.1 Å². The Balaban J connectivity index is 1.09. The van der Waals surface area contributed by atoms with E-state index in [-0.39, 0.29) is 5.41 Å². The van der Waals surface area contributed by atoms with Crippen molar-refractivity contribution in [2.45, 2.75) is 19.3 Å². The second-order valence-corrected chi connectivity index (χ2v) is 17.6. The molecule has 3 nitrogen and oxygen atoms in total. The summed E-state index contributed by atoms with van der Waals surface area (Å²) >= 11 is 1.90. The summed E-state index contributed by atoms with van der Waals surface area (Å²) < 4.78 is 5.14. The van der Waals surface area contributed by atoms with Gasteiger partial charge >= 0.3 is 0 Å². The lowest BCUT2D eigenvalue weighted by Gasteiger charge is -2.27. The van der Waals surface area contributed by atoms with Crippen LogP contribution in [0.25, 0.3) is 58.8 Å². The maximum atomic E-state index is 2.50. The Labute approximate surface area is 359 Å². The number of thiophene rings is 1. The second-order valence-electron chi connectivity index (χ2n) is 16.6. The smallest absolute Gasteiger partial charge is 0.0555 e. The molecule has 0 aliphatic heterocycles. The summed E-state index contributed by atoms with van der Waals surface area (Å²) in [6, 6.07) is 77.6. The van der Waals surface area contributed by atoms with Gasteiger partial charge in [-0.1, -0.05) is 123 Å². The predicted octanol–water partition coefficient (Wildman–Crippen LogP) is 16.4. The number of hydrogen-bond donors (Lipinski definition) is 0. The van der Waals surface area contributed by atoms with Crippen molar-refractivity contribution in [1.29, 1.82) is 0 Å². The molecule has 0 saturated carbocycles. The van der Waals surface area contributed by atoms with Gasteiger partial charge in [0.25, 0.3) is 0 Å². The van der Waals surface area contributed by atoms with E-state index in [1.807, 2.05) is 11.3 Å². The molecule has 1 aliphatic carbocycles. The molecule has 0 amide bonds. The standard InChI is InChI=1S/C57H41N3S/c1-57(2)50-31-27-42(58(38-17-7-3-8-18-38)39-19-9-4-10-20-39)35-47(50)48-36-44(28-32-51(48)57)60-52-33-29-43(59(40-21-11-5-12-22-40)41-23-13-6-14-24-41)37-49(52)55-53(60)34-30-46-45-25-15-16-26-54(45)61-56(46)55/h3-37H,1-2H3. The Hall–Kier alpha value is -7.40. The third kappa shape index (κ3) is 5.56. The SMILES string of the molecule is CC1(C)c2ccc(N(c3ccccc3)c3ccccc3)cc2-c2cc(-n3c4ccc(N(c5ccccc5)c5ccccc5)cc4c4c5sc6ccccc6c5ccc43)ccc21. The van der Waals surface area contributed by atoms with Crippen LogP contribution in [0.15, 0.2) is 212 Å². The van der Waals surface area contributed by atoms with Gasteiger partial charge in [-0.2, -0.15) is 0 Å². The molecule has 0 fully saturated rings. The molecule has 11 aromatic rings. The summed E-state index contributed by atoms with van der Waals surface area (Å²) in [7, 11) is 0. The van der Waals surface area contributed by atoms with Crippen molar-refractivity contribution >= 4 is 87.4 Å². The zero-order valence-corrected chi connectivity index (χ0v) is 34.8. The molecule has 4 heteroatoms. The highest BCUT2D eigenvalue weighted by Crippen LogP contribution is 2.52. The van der Waals surface area contributed by atoms with Gasteiger partial charge in [0.15, 0.2) is 0 Å². The minimum absolute atomic E-state index is 0.149. The highest BCUT2D eigenvalue weighted by atomic mass is 32.1. The topological polar surface area (TPSA) is 11.4 Å². The van der Waals surface area contributed by atoms with Crippen LogP contribution in [0.5, 0.6) is 0 Å². The molecule has 0 atom stereocenters. The van der Waals surface area contributed by atoms with Gasteiger partial charge in [-0.15, -0.1) is 11.3 Å². The number of benzene rings is 9. The zero-order valence-electron chi connectivity index (χ0n) is 34.0. The van der Waals surface area contributed by atoms with Gasteiger partial charge in [-0.05, 0) is 125 Å². The fourth-order valence-electron chi connectivity index (χ4n) is 9.92. The highest BCUT2D eigenvalue weighted by Gasteiger charge is 2.36. The van der Waals surface area contributed by atoms with Gasteiger partial charge in [-0.3, -0.25) is 0 Å². The first-order valence-electron chi connectivity index (χ1n) is 21.0. The van der Waals surface area contributed by atoms with Crippen molar-refractivity contribution in [3.8, 4) is 16.8 Å². The van der Waals surface area contributed by atoms with E-state index in [1.165, 1.54) is 64.2 Å². The first kappa shape index (κ1) is 35.5. The molecule has 1 aliphatic rings. The van der Waals surface area contributed by atoms with E-state index in [4.69, 9.17) is 0 Å². The van der Waals surface area contributed by atoms with E-state index in [9.17, 15) is 0 Å². The molecule has 2 aromatic heterocycles. The van der Waals surface area contributed by atoms with E-state index in [0.717, 1.165) is 39.8 Å². The largest absolute Gasteiger partial charge is 0.310 e. The molecule has 290 valence electrons. The van der Waals surface area contributed by atoms with Crippen molar-refractivity contribution in [3.05, 3.63) is 223 Å². The molecule has 0 saturated heterocycles. The van der Waals surface area contributed by atoms with Crippen molar-refractivity contribution in [3.63, 3.8) is 0 Å². The van der Waals surface area contributed by atoms with E-state index >= 15 is 0 Å². The van der Waals surface area contributed by atoms with Crippen LogP contribution in [0.2, 0.25) is 0 Å². The van der Waals surface area contributed by atoms with Gasteiger partial charge in [0.1, 0.15) is 0 Å². The number of fused-ring (bicyclic) bond motifs is 10. The molecule has 9 aromatic carbocycles. The summed E-state index contributed by atoms with van der Waals surface area (Å²) in [5.41, 5.74) is 15.5. The van der Waals surface area contributed by atoms with Crippen molar-refractivity contribution in [1.82, 2.24) is 4.57 Å². The molecule has 2 heterocycles. The molecule has 0 unspecified atom stereocenters. The van der Waals surface area contributed by atoms with Crippen LogP contribution < -0.4 is 9.80 Å². The van der Waals surface area contributed by atoms with Crippen molar-refractivity contribution in [2.24, 2.45) is 0 Å². The maximum absolute atomic E-state index is 2.50. The molecular weight excluding hydrogens is 759 g/mol. The van der Waals surface area contributed by atoms with Crippen LogP contribution >= 0.6 is 11.3 Å². The van der Waals surface area contributed by atoms with E-state index in [2.05, 4.69) is 241 Å². The third-order valence-corrected chi connectivity index (χ3v) is 13.9. The van der Waals surface area contributed by atoms with Gasteiger partial charge in [-0.25, -0.2) is 0 Å². The van der Waals surface area contributed by atoms with Crippen LogP contribution in [-0.4, -0.2) is 4.57 Å². The molecule has 0 bridgehead atoms. The quantitative estimate of drug-likeness (QED) is 0.159. The average Bonchev–Trinajstić information content (AvgIpc) is 3.93. The lowest BCUT2D eigenvalue weighted by atomic mass is 9.82. The summed E-state index contributed by atoms with van der Waals surface area (Å²) in [5, 5.41) is 5.15. The fourth-order valence-corrected chi connectivity index (χ4v) is 11.2. The lowest BCUT2D eigenvalue weighted by Crippen LogP contribution is -2.15. The first-order chi connectivity index (χ1) is 30.0. The Morgan fingerprint density at radius 1 is 0.393 bits per heavy atom. The number of nitrogens with zero attached hydrogens (tertiary/aromatic N) is 3. The normalized spacial score (nSPS) is 12.9. The Bertz CT molecular complexity index is 3360. The Morgan fingerprint density at radius 2 is 0.885 bits per heavy atom. The summed E-state index contributed by atoms with van der Waals surface area (Å²) in [6.07, 6.45) is 0. The molecular formula is C57H41N3S. The summed E-state index contributed by atoms with van der Waals surface area (Å²) in [6.45, 7) is 4.74. The van der Waals surface area contributed by atoms with Crippen LogP contribution in [0.1, 0.15) is 25.0 Å². The summed E-state index contributed by atoms with van der Waals surface area (Å²) in [4.78, 5) is 4.73. The van der Waals surface area contributed by atoms with Gasteiger partial charge in [0.05, 0.1) is 11.0 Å². The fraction of sp³-hybridized carbons (Fsp3) is 0.0526. The third-order valence-electron chi connectivity index (χ3n) is 12.7. The minimum Gasteiger partial charge on any atom is -0.310 e. The maximum Gasteiger partial charge on any atom is 0.0555 e. The molecule has 0 spiro atoms. The molecule has 0 radical (unpaired) electrons. The van der Waals surface area contributed by atoms with E-state index in [1.54, 1.807) is 0 Å². The molecule has 0 N–H and O–H groups in total. The molecule has 61 heavy (non-hydrogen) atoms. The monoisotopic (exact) mass is 799 g/mol. The average molecular weight is 800 g/mol. The number of rotatable bonds is 7. The zero-order chi connectivity index (χ0) is 40.7. The van der Waals surface area contributed by atoms with Gasteiger partial charge in [0.2, 0.25) is 0 Å². The van der Waals surface area contributed by atoms with Crippen LogP contribution in [-0.2, 0) is 5.41 Å². The number of hydrogen-bond acceptors (Lipinski definition) is 3. The van der Waals surface area contributed by atoms with E-state index in [0.29, 0.717) is 0 Å². The number of anilines is 6. The van der Waals surface area contributed by atoms with E-state index < -0.39 is 0 Å².